The summed E-state index contributed by atoms with van der Waals surface area (Å²) in [6.07, 6.45) is -0.714. The highest BCUT2D eigenvalue weighted by Crippen LogP contribution is 2.36. The molecule has 1 aromatic carbocycles. The molecule has 0 unspecified atom stereocenters. The number of rotatable bonds is 6. The van der Waals surface area contributed by atoms with E-state index in [4.69, 9.17) is 25.8 Å². The monoisotopic (exact) mass is 419 g/mol. The molecule has 1 aliphatic heterocycles. The molecule has 0 aliphatic carbocycles. The van der Waals surface area contributed by atoms with E-state index in [0.717, 1.165) is 0 Å². The predicted octanol–water partition coefficient (Wildman–Crippen LogP) is 1.55. The molecule has 1 aromatic rings. The molecular weight excluding hydrogens is 398 g/mol. The van der Waals surface area contributed by atoms with Gasteiger partial charge in [0.25, 0.3) is 5.91 Å². The van der Waals surface area contributed by atoms with Crippen LogP contribution in [0.15, 0.2) is 12.1 Å². The van der Waals surface area contributed by atoms with Crippen molar-refractivity contribution in [1.82, 2.24) is 4.90 Å². The first-order valence-corrected chi connectivity index (χ1v) is 10.4. The number of nitrogens with zero attached hydrogens (tertiary/aromatic N) is 1. The maximum absolute atomic E-state index is 12.5. The minimum absolute atomic E-state index is 0.0492. The van der Waals surface area contributed by atoms with Gasteiger partial charge in [-0.3, -0.25) is 4.79 Å². The summed E-state index contributed by atoms with van der Waals surface area (Å²) in [5.41, 5.74) is 0.100. The maximum atomic E-state index is 12.5. The number of sulfone groups is 1. The average molecular weight is 420 g/mol. The highest BCUT2D eigenvalue weighted by atomic mass is 35.5. The highest BCUT2D eigenvalue weighted by Gasteiger charge is 2.35. The zero-order valence-corrected chi connectivity index (χ0v) is 17.1. The smallest absolute Gasteiger partial charge is 0.339 e. The van der Waals surface area contributed by atoms with Crippen LogP contribution in [0.1, 0.15) is 23.7 Å². The van der Waals surface area contributed by atoms with E-state index in [1.54, 1.807) is 0 Å². The summed E-state index contributed by atoms with van der Waals surface area (Å²) in [7, 11) is 1.20. The van der Waals surface area contributed by atoms with Gasteiger partial charge in [-0.1, -0.05) is 11.6 Å². The molecule has 1 saturated heterocycles. The van der Waals surface area contributed by atoms with Crippen LogP contribution in [0.3, 0.4) is 0 Å². The Kier molecular flexibility index (Phi) is 6.59. The zero-order valence-electron chi connectivity index (χ0n) is 15.5. The van der Waals surface area contributed by atoms with Crippen LogP contribution in [0.5, 0.6) is 11.5 Å². The molecule has 1 heterocycles. The van der Waals surface area contributed by atoms with Gasteiger partial charge in [0, 0.05) is 13.1 Å². The van der Waals surface area contributed by atoms with Crippen LogP contribution in [-0.4, -0.2) is 70.1 Å². The third-order valence-corrected chi connectivity index (χ3v) is 6.44. The summed E-state index contributed by atoms with van der Waals surface area (Å²) >= 11 is 6.08. The quantitative estimate of drug-likeness (QED) is 0.645. The number of ether oxygens (including phenoxy) is 3. The van der Waals surface area contributed by atoms with Crippen LogP contribution in [0.4, 0.5) is 0 Å². The van der Waals surface area contributed by atoms with Gasteiger partial charge >= 0.3 is 5.97 Å². The Morgan fingerprint density at radius 1 is 1.26 bits per heavy atom. The molecule has 150 valence electrons. The highest BCUT2D eigenvalue weighted by molar-refractivity contribution is 7.91. The summed E-state index contributed by atoms with van der Waals surface area (Å²) in [5, 5.41) is 0.163. The zero-order chi connectivity index (χ0) is 20.4. The van der Waals surface area contributed by atoms with Crippen molar-refractivity contribution in [1.29, 1.82) is 0 Å². The van der Waals surface area contributed by atoms with Crippen LogP contribution >= 0.6 is 11.6 Å². The van der Waals surface area contributed by atoms with Crippen molar-refractivity contribution < 1.29 is 32.2 Å². The number of carbonyl (C=O) groups is 2. The summed E-state index contributed by atoms with van der Waals surface area (Å²) in [6.45, 7) is 1.43. The molecule has 0 N–H and O–H groups in total. The summed E-state index contributed by atoms with van der Waals surface area (Å²) in [5.74, 6) is -0.733. The molecule has 2 rings (SSSR count). The number of hydrogen-bond acceptors (Lipinski definition) is 7. The number of benzene rings is 1. The standard InChI is InChI=1S/C17H22ClNO7S/c1-10(16(20)19(2)12-5-6-27(22,23)9-12)26-17(21)11-7-13(18)15(25-4)14(8-11)24-3/h7-8,10,12H,5-6,9H2,1-4H3/t10-,12+/m0/s1. The van der Waals surface area contributed by atoms with Crippen molar-refractivity contribution in [2.45, 2.75) is 25.5 Å². The van der Waals surface area contributed by atoms with Crippen LogP contribution in [0.2, 0.25) is 5.02 Å². The maximum Gasteiger partial charge on any atom is 0.339 e. The molecule has 1 aliphatic rings. The number of hydrogen-bond donors (Lipinski definition) is 0. The van der Waals surface area contributed by atoms with Gasteiger partial charge in [0.1, 0.15) is 0 Å². The van der Waals surface area contributed by atoms with Gasteiger partial charge in [-0.2, -0.15) is 0 Å². The lowest BCUT2D eigenvalue weighted by atomic mass is 10.2. The van der Waals surface area contributed by atoms with E-state index in [1.165, 1.54) is 45.2 Å². The molecule has 1 amide bonds. The van der Waals surface area contributed by atoms with E-state index < -0.39 is 33.9 Å². The number of methoxy groups -OCH3 is 2. The Balaban J connectivity index is 2.09. The van der Waals surface area contributed by atoms with Crippen molar-refractivity contribution in [2.24, 2.45) is 0 Å². The normalized spacial score (nSPS) is 19.2. The van der Waals surface area contributed by atoms with Crippen LogP contribution in [0.25, 0.3) is 0 Å². The van der Waals surface area contributed by atoms with Crippen molar-refractivity contribution in [2.75, 3.05) is 32.8 Å². The second-order valence-corrected chi connectivity index (χ2v) is 8.88. The first-order valence-electron chi connectivity index (χ1n) is 8.19. The van der Waals surface area contributed by atoms with Crippen LogP contribution in [-0.2, 0) is 19.4 Å². The molecule has 10 heteroatoms. The fourth-order valence-electron chi connectivity index (χ4n) is 2.86. The third kappa shape index (κ3) is 4.84. The van der Waals surface area contributed by atoms with Crippen LogP contribution in [0, 0.1) is 0 Å². The van der Waals surface area contributed by atoms with Gasteiger partial charge < -0.3 is 19.1 Å². The molecule has 0 spiro atoms. The Bertz CT molecular complexity index is 840. The van der Waals surface area contributed by atoms with Gasteiger partial charge in [-0.25, -0.2) is 13.2 Å². The second-order valence-electron chi connectivity index (χ2n) is 6.25. The number of amides is 1. The number of halogens is 1. The topological polar surface area (TPSA) is 99.2 Å². The molecule has 27 heavy (non-hydrogen) atoms. The molecule has 0 aromatic heterocycles. The van der Waals surface area contributed by atoms with Gasteiger partial charge in [0.15, 0.2) is 27.4 Å². The largest absolute Gasteiger partial charge is 0.493 e. The van der Waals surface area contributed by atoms with E-state index in [0.29, 0.717) is 6.42 Å². The van der Waals surface area contributed by atoms with E-state index in [-0.39, 0.29) is 33.6 Å². The van der Waals surface area contributed by atoms with E-state index in [2.05, 4.69) is 0 Å². The molecule has 0 bridgehead atoms. The lowest BCUT2D eigenvalue weighted by Crippen LogP contribution is -2.44. The van der Waals surface area contributed by atoms with Crippen molar-refractivity contribution in [3.8, 4) is 11.5 Å². The van der Waals surface area contributed by atoms with Gasteiger partial charge in [0.2, 0.25) is 0 Å². The predicted molar refractivity (Wildman–Crippen MR) is 99.3 cm³/mol. The molecule has 0 saturated carbocycles. The lowest BCUT2D eigenvalue weighted by molar-refractivity contribution is -0.140. The number of esters is 1. The van der Waals surface area contributed by atoms with E-state index in [9.17, 15) is 18.0 Å². The molecule has 0 radical (unpaired) electrons. The third-order valence-electron chi connectivity index (χ3n) is 4.40. The van der Waals surface area contributed by atoms with E-state index in [1.807, 2.05) is 0 Å². The fourth-order valence-corrected chi connectivity index (χ4v) is 4.92. The average Bonchev–Trinajstić information content (AvgIpc) is 2.99. The van der Waals surface area contributed by atoms with E-state index >= 15 is 0 Å². The Morgan fingerprint density at radius 2 is 1.93 bits per heavy atom. The first-order chi connectivity index (χ1) is 12.6. The number of carbonyl (C=O) groups excluding carboxylic acids is 2. The van der Waals surface area contributed by atoms with Crippen molar-refractivity contribution in [3.05, 3.63) is 22.7 Å². The molecule has 8 nitrogen and oxygen atoms in total. The van der Waals surface area contributed by atoms with Crippen molar-refractivity contribution >= 4 is 33.3 Å². The summed E-state index contributed by atoms with van der Waals surface area (Å²) < 4.78 is 38.6. The van der Waals surface area contributed by atoms with Gasteiger partial charge in [-0.05, 0) is 25.5 Å². The van der Waals surface area contributed by atoms with Gasteiger partial charge in [-0.15, -0.1) is 0 Å². The molecular formula is C17H22ClNO7S. The Hall–Kier alpha value is -2.00. The number of likely N-dealkylation sites (N-methyl/N-ethyl adjacent to an activating group) is 1. The summed E-state index contributed by atoms with van der Waals surface area (Å²) in [4.78, 5) is 26.2. The van der Waals surface area contributed by atoms with Gasteiger partial charge in [0.05, 0.1) is 36.3 Å². The lowest BCUT2D eigenvalue weighted by Gasteiger charge is -2.26. The summed E-state index contributed by atoms with van der Waals surface area (Å²) in [6, 6.07) is 2.34. The van der Waals surface area contributed by atoms with Crippen LogP contribution < -0.4 is 9.47 Å². The SMILES string of the molecule is COc1cc(C(=O)O[C@@H](C)C(=O)N(C)[C@@H]2CCS(=O)(=O)C2)cc(Cl)c1OC. The fraction of sp³-hybridized carbons (Fsp3) is 0.529. The van der Waals surface area contributed by atoms with Crippen molar-refractivity contribution in [3.63, 3.8) is 0 Å². The molecule has 1 fully saturated rings. The Morgan fingerprint density at radius 3 is 2.44 bits per heavy atom. The second kappa shape index (κ2) is 8.35. The first kappa shape index (κ1) is 21.3. The Labute approximate surface area is 163 Å². The molecule has 2 atom stereocenters. The minimum Gasteiger partial charge on any atom is -0.493 e. The minimum atomic E-state index is -3.13.